The Balaban J connectivity index is 1.86. The molecular weight excluding hydrogens is 362 g/mol. The van der Waals surface area contributed by atoms with Crippen LogP contribution in [0.25, 0.3) is 0 Å². The van der Waals surface area contributed by atoms with Gasteiger partial charge in [-0.05, 0) is 56.4 Å². The first kappa shape index (κ1) is 19.5. The summed E-state index contributed by atoms with van der Waals surface area (Å²) in [4.78, 5) is 0.488. The van der Waals surface area contributed by atoms with Crippen LogP contribution in [0, 0.1) is 27.7 Å². The number of sulfonamides is 1. The predicted octanol–water partition coefficient (Wildman–Crippen LogP) is 4.79. The summed E-state index contributed by atoms with van der Waals surface area (Å²) in [5, 5.41) is 0.358. The van der Waals surface area contributed by atoms with Crippen LogP contribution in [0.4, 0.5) is 0 Å². The zero-order chi connectivity index (χ0) is 18.9. The molecule has 1 aliphatic heterocycles. The smallest absolute Gasteiger partial charge is 0.207 e. The monoisotopic (exact) mass is 389 g/mol. The molecule has 0 aromatic heterocycles. The highest BCUT2D eigenvalue weighted by molar-refractivity contribution is 7.99. The molecule has 2 aromatic rings. The minimum absolute atomic E-state index is 0.358. The second-order valence-electron chi connectivity index (χ2n) is 7.14. The van der Waals surface area contributed by atoms with E-state index in [1.807, 2.05) is 44.7 Å². The number of aryl methyl sites for hydroxylation is 4. The van der Waals surface area contributed by atoms with E-state index in [1.54, 1.807) is 4.31 Å². The Bertz CT molecular complexity index is 883. The molecule has 140 valence electrons. The van der Waals surface area contributed by atoms with Gasteiger partial charge in [-0.15, -0.1) is 0 Å². The van der Waals surface area contributed by atoms with Gasteiger partial charge in [0.15, 0.2) is 0 Å². The molecule has 1 fully saturated rings. The van der Waals surface area contributed by atoms with E-state index < -0.39 is 10.0 Å². The average Bonchev–Trinajstić information content (AvgIpc) is 2.80. The van der Waals surface area contributed by atoms with Crippen LogP contribution < -0.4 is 0 Å². The van der Waals surface area contributed by atoms with Crippen LogP contribution in [0.15, 0.2) is 41.3 Å². The van der Waals surface area contributed by atoms with Crippen LogP contribution in [-0.4, -0.2) is 31.6 Å². The zero-order valence-electron chi connectivity index (χ0n) is 16.0. The minimum Gasteiger partial charge on any atom is -0.207 e. The number of nitrogens with zero attached hydrogens (tertiary/aromatic N) is 1. The van der Waals surface area contributed by atoms with Gasteiger partial charge in [-0.2, -0.15) is 16.1 Å². The maximum atomic E-state index is 13.3. The fourth-order valence-corrected chi connectivity index (χ4v) is 7.20. The highest BCUT2D eigenvalue weighted by Crippen LogP contribution is 2.37. The van der Waals surface area contributed by atoms with Crippen LogP contribution in [0.1, 0.15) is 39.5 Å². The first-order valence-electron chi connectivity index (χ1n) is 9.06. The fraction of sp³-hybridized carbons (Fsp3) is 0.429. The summed E-state index contributed by atoms with van der Waals surface area (Å²) in [6, 6.07) is 12.4. The molecule has 0 radical (unpaired) electrons. The van der Waals surface area contributed by atoms with Crippen molar-refractivity contribution < 1.29 is 8.42 Å². The molecule has 0 aliphatic carbocycles. The molecule has 0 bridgehead atoms. The van der Waals surface area contributed by atoms with Gasteiger partial charge in [0.2, 0.25) is 10.0 Å². The number of rotatable bonds is 3. The van der Waals surface area contributed by atoms with Crippen molar-refractivity contribution in [3.05, 3.63) is 64.2 Å². The van der Waals surface area contributed by atoms with Crippen molar-refractivity contribution in [2.45, 2.75) is 44.3 Å². The lowest BCUT2D eigenvalue weighted by Gasteiger charge is -2.23. The summed E-state index contributed by atoms with van der Waals surface area (Å²) in [7, 11) is -3.46. The van der Waals surface area contributed by atoms with Gasteiger partial charge in [0.25, 0.3) is 0 Å². The highest BCUT2D eigenvalue weighted by Gasteiger charge is 2.30. The van der Waals surface area contributed by atoms with Crippen LogP contribution >= 0.6 is 11.8 Å². The molecule has 0 spiro atoms. The molecule has 0 amide bonds. The quantitative estimate of drug-likeness (QED) is 0.757. The third kappa shape index (κ3) is 3.85. The van der Waals surface area contributed by atoms with Crippen molar-refractivity contribution in [1.29, 1.82) is 0 Å². The maximum absolute atomic E-state index is 13.3. The van der Waals surface area contributed by atoms with Crippen molar-refractivity contribution in [3.63, 3.8) is 0 Å². The summed E-state index contributed by atoms with van der Waals surface area (Å²) < 4.78 is 28.3. The lowest BCUT2D eigenvalue weighted by molar-refractivity contribution is 0.427. The Morgan fingerprint density at radius 3 is 2.27 bits per heavy atom. The molecule has 3 rings (SSSR count). The number of benzene rings is 2. The Morgan fingerprint density at radius 2 is 1.62 bits per heavy atom. The van der Waals surface area contributed by atoms with Crippen LogP contribution in [0.2, 0.25) is 0 Å². The van der Waals surface area contributed by atoms with E-state index in [2.05, 4.69) is 31.2 Å². The number of thioether (sulfide) groups is 1. The largest absolute Gasteiger partial charge is 0.243 e. The number of hydrogen-bond donors (Lipinski definition) is 0. The molecule has 1 unspecified atom stereocenters. The third-order valence-electron chi connectivity index (χ3n) is 5.04. The fourth-order valence-electron chi connectivity index (χ4n) is 3.89. The second-order valence-corrected chi connectivity index (χ2v) is 10.3. The Kier molecular flexibility index (Phi) is 5.80. The van der Waals surface area contributed by atoms with Crippen molar-refractivity contribution in [2.75, 3.05) is 18.8 Å². The second kappa shape index (κ2) is 7.75. The minimum atomic E-state index is -3.46. The van der Waals surface area contributed by atoms with E-state index in [4.69, 9.17) is 0 Å². The lowest BCUT2D eigenvalue weighted by atomic mass is 10.0. The number of hydrogen-bond acceptors (Lipinski definition) is 3. The molecular formula is C21H27NO2S2. The van der Waals surface area contributed by atoms with Crippen LogP contribution in [-0.2, 0) is 10.0 Å². The molecule has 1 heterocycles. The van der Waals surface area contributed by atoms with Gasteiger partial charge >= 0.3 is 0 Å². The standard InChI is InChI=1S/C21H27NO2S2/c1-15-13-17(3)21(18(4)14-15)26(23,24)22-10-9-20(25-12-11-22)19-8-6-5-7-16(19)2/h5-8,13-14,20H,9-12H2,1-4H3. The summed E-state index contributed by atoms with van der Waals surface area (Å²) >= 11 is 1.87. The van der Waals surface area contributed by atoms with Gasteiger partial charge in [0.1, 0.15) is 0 Å². The van der Waals surface area contributed by atoms with Crippen molar-refractivity contribution >= 4 is 21.8 Å². The maximum Gasteiger partial charge on any atom is 0.243 e. The molecule has 0 N–H and O–H groups in total. The normalized spacial score (nSPS) is 19.3. The van der Waals surface area contributed by atoms with E-state index in [0.29, 0.717) is 23.2 Å². The SMILES string of the molecule is Cc1cc(C)c(S(=O)(=O)N2CCSC(c3ccccc3C)CC2)c(C)c1. The third-order valence-corrected chi connectivity index (χ3v) is 8.55. The first-order chi connectivity index (χ1) is 12.3. The van der Waals surface area contributed by atoms with Crippen molar-refractivity contribution in [3.8, 4) is 0 Å². The summed E-state index contributed by atoms with van der Waals surface area (Å²) in [5.74, 6) is 0.822. The molecule has 26 heavy (non-hydrogen) atoms. The Hall–Kier alpha value is -1.30. The topological polar surface area (TPSA) is 37.4 Å². The zero-order valence-corrected chi connectivity index (χ0v) is 17.6. The van der Waals surface area contributed by atoms with Gasteiger partial charge < -0.3 is 0 Å². The Morgan fingerprint density at radius 1 is 0.962 bits per heavy atom. The predicted molar refractivity (Wildman–Crippen MR) is 110 cm³/mol. The van der Waals surface area contributed by atoms with E-state index in [0.717, 1.165) is 28.9 Å². The highest BCUT2D eigenvalue weighted by atomic mass is 32.2. The Labute approximate surface area is 161 Å². The van der Waals surface area contributed by atoms with E-state index >= 15 is 0 Å². The lowest BCUT2D eigenvalue weighted by Crippen LogP contribution is -2.34. The summed E-state index contributed by atoms with van der Waals surface area (Å²) in [6.45, 7) is 9.08. The first-order valence-corrected chi connectivity index (χ1v) is 11.5. The summed E-state index contributed by atoms with van der Waals surface area (Å²) in [5.41, 5.74) is 5.40. The molecule has 1 aliphatic rings. The van der Waals surface area contributed by atoms with Gasteiger partial charge in [-0.1, -0.05) is 42.0 Å². The van der Waals surface area contributed by atoms with Crippen molar-refractivity contribution in [2.24, 2.45) is 0 Å². The molecule has 5 heteroatoms. The van der Waals surface area contributed by atoms with Gasteiger partial charge in [0, 0.05) is 24.1 Å². The van der Waals surface area contributed by atoms with E-state index in [-0.39, 0.29) is 0 Å². The van der Waals surface area contributed by atoms with Gasteiger partial charge in [0.05, 0.1) is 4.90 Å². The van der Waals surface area contributed by atoms with Crippen LogP contribution in [0.3, 0.4) is 0 Å². The molecule has 0 saturated carbocycles. The molecule has 1 atom stereocenters. The van der Waals surface area contributed by atoms with Gasteiger partial charge in [-0.3, -0.25) is 0 Å². The van der Waals surface area contributed by atoms with E-state index in [9.17, 15) is 8.42 Å². The van der Waals surface area contributed by atoms with Gasteiger partial charge in [-0.25, -0.2) is 8.42 Å². The average molecular weight is 390 g/mol. The molecule has 2 aromatic carbocycles. The van der Waals surface area contributed by atoms with Crippen LogP contribution in [0.5, 0.6) is 0 Å². The summed E-state index contributed by atoms with van der Waals surface area (Å²) in [6.07, 6.45) is 0.846. The molecule has 1 saturated heterocycles. The van der Waals surface area contributed by atoms with E-state index in [1.165, 1.54) is 11.1 Å². The molecule has 3 nitrogen and oxygen atoms in total. The van der Waals surface area contributed by atoms with Crippen molar-refractivity contribution in [1.82, 2.24) is 4.31 Å².